The summed E-state index contributed by atoms with van der Waals surface area (Å²) in [6, 6.07) is 3.49. The Morgan fingerprint density at radius 2 is 2.18 bits per heavy atom. The minimum atomic E-state index is -0.587. The summed E-state index contributed by atoms with van der Waals surface area (Å²) in [5.74, 6) is -0.468. The van der Waals surface area contributed by atoms with E-state index in [1.807, 2.05) is 0 Å². The fraction of sp³-hybridized carbons (Fsp3) is 0.167. The third kappa shape index (κ3) is 2.55. The smallest absolute Gasteiger partial charge is 0.138 e. The molecule has 0 aliphatic rings. The Bertz CT molecular complexity index is 534. The van der Waals surface area contributed by atoms with Gasteiger partial charge < -0.3 is 0 Å². The highest BCUT2D eigenvalue weighted by molar-refractivity contribution is 5.19. The van der Waals surface area contributed by atoms with E-state index in [9.17, 15) is 8.78 Å². The van der Waals surface area contributed by atoms with E-state index in [-0.39, 0.29) is 6.54 Å². The fourth-order valence-electron chi connectivity index (χ4n) is 1.52. The van der Waals surface area contributed by atoms with Gasteiger partial charge in [-0.15, -0.1) is 6.58 Å². The predicted octanol–water partition coefficient (Wildman–Crippen LogP) is 2.33. The summed E-state index contributed by atoms with van der Waals surface area (Å²) < 4.78 is 27.7. The molecule has 1 aromatic carbocycles. The molecular weight excluding hydrogens is 224 g/mol. The topological polar surface area (TPSA) is 30.7 Å². The summed E-state index contributed by atoms with van der Waals surface area (Å²) in [7, 11) is 0. The van der Waals surface area contributed by atoms with Crippen LogP contribution in [0.4, 0.5) is 8.78 Å². The molecule has 1 aromatic heterocycles. The van der Waals surface area contributed by atoms with Crippen molar-refractivity contribution >= 4 is 0 Å². The first kappa shape index (κ1) is 11.4. The zero-order valence-corrected chi connectivity index (χ0v) is 9.11. The molecule has 88 valence electrons. The van der Waals surface area contributed by atoms with E-state index in [0.29, 0.717) is 17.8 Å². The van der Waals surface area contributed by atoms with Crippen molar-refractivity contribution in [3.8, 4) is 0 Å². The highest BCUT2D eigenvalue weighted by atomic mass is 19.1. The van der Waals surface area contributed by atoms with Crippen LogP contribution < -0.4 is 0 Å². The van der Waals surface area contributed by atoms with Gasteiger partial charge in [0, 0.05) is 18.1 Å². The quantitative estimate of drug-likeness (QED) is 0.761. The maximum absolute atomic E-state index is 13.4. The summed E-state index contributed by atoms with van der Waals surface area (Å²) in [4.78, 5) is 4.03. The lowest BCUT2D eigenvalue weighted by molar-refractivity contribution is 0.553. The van der Waals surface area contributed by atoms with Crippen LogP contribution in [0.3, 0.4) is 0 Å². The van der Waals surface area contributed by atoms with Gasteiger partial charge in [-0.25, -0.2) is 18.4 Å². The highest BCUT2D eigenvalue weighted by Crippen LogP contribution is 2.11. The molecule has 0 saturated carbocycles. The third-order valence-corrected chi connectivity index (χ3v) is 2.36. The van der Waals surface area contributed by atoms with Gasteiger partial charge in [-0.2, -0.15) is 5.10 Å². The first-order valence-corrected chi connectivity index (χ1v) is 5.12. The molecule has 0 saturated heterocycles. The molecule has 0 fully saturated rings. The van der Waals surface area contributed by atoms with Crippen LogP contribution in [0.15, 0.2) is 37.2 Å². The van der Waals surface area contributed by atoms with E-state index in [1.165, 1.54) is 18.5 Å². The van der Waals surface area contributed by atoms with Crippen LogP contribution in [0.25, 0.3) is 0 Å². The van der Waals surface area contributed by atoms with Crippen molar-refractivity contribution in [3.63, 3.8) is 0 Å². The average Bonchev–Trinajstić information content (AvgIpc) is 2.71. The maximum Gasteiger partial charge on any atom is 0.138 e. The predicted molar refractivity (Wildman–Crippen MR) is 59.4 cm³/mol. The lowest BCUT2D eigenvalue weighted by Crippen LogP contribution is -2.08. The highest BCUT2D eigenvalue weighted by Gasteiger charge is 2.08. The van der Waals surface area contributed by atoms with Gasteiger partial charge in [0.25, 0.3) is 0 Å². The van der Waals surface area contributed by atoms with Gasteiger partial charge in [-0.05, 0) is 6.07 Å². The second-order valence-electron chi connectivity index (χ2n) is 3.56. The number of halogens is 2. The molecule has 0 spiro atoms. The van der Waals surface area contributed by atoms with Crippen LogP contribution >= 0.6 is 0 Å². The molecule has 0 aliphatic heterocycles. The summed E-state index contributed by atoms with van der Waals surface area (Å²) in [5, 5.41) is 3.99. The molecule has 0 unspecified atom stereocenters. The molecule has 17 heavy (non-hydrogen) atoms. The van der Waals surface area contributed by atoms with Crippen molar-refractivity contribution in [2.75, 3.05) is 0 Å². The van der Waals surface area contributed by atoms with E-state index in [2.05, 4.69) is 16.7 Å². The Labute approximate surface area is 97.4 Å². The average molecular weight is 235 g/mol. The summed E-state index contributed by atoms with van der Waals surface area (Å²) in [6.07, 6.45) is 3.66. The second-order valence-corrected chi connectivity index (χ2v) is 3.56. The van der Waals surface area contributed by atoms with Gasteiger partial charge in [0.1, 0.15) is 23.8 Å². The van der Waals surface area contributed by atoms with Gasteiger partial charge in [-0.1, -0.05) is 12.1 Å². The number of rotatable bonds is 4. The Balaban J connectivity index is 2.25. The number of nitrogens with zero attached hydrogens (tertiary/aromatic N) is 3. The molecule has 0 aliphatic carbocycles. The van der Waals surface area contributed by atoms with E-state index in [1.54, 1.807) is 10.8 Å². The molecule has 2 rings (SSSR count). The van der Waals surface area contributed by atoms with Gasteiger partial charge >= 0.3 is 0 Å². The zero-order valence-electron chi connectivity index (χ0n) is 9.11. The van der Waals surface area contributed by atoms with Crippen molar-refractivity contribution in [2.24, 2.45) is 0 Å². The van der Waals surface area contributed by atoms with Crippen LogP contribution in [0.5, 0.6) is 0 Å². The molecule has 3 nitrogen and oxygen atoms in total. The van der Waals surface area contributed by atoms with Crippen molar-refractivity contribution in [3.05, 3.63) is 60.2 Å². The van der Waals surface area contributed by atoms with Crippen LogP contribution in [0, 0.1) is 11.6 Å². The standard InChI is InChI=1S/C12H11F2N3/c1-2-3-12-15-8-16-17(12)7-9-4-5-10(13)6-11(9)14/h2,4-6,8H,1,3,7H2. The molecular formula is C12H11F2N3. The molecule has 1 heterocycles. The third-order valence-electron chi connectivity index (χ3n) is 2.36. The monoisotopic (exact) mass is 235 g/mol. The van der Waals surface area contributed by atoms with Crippen LogP contribution in [0.2, 0.25) is 0 Å². The molecule has 0 amide bonds. The lowest BCUT2D eigenvalue weighted by Gasteiger charge is -2.06. The van der Waals surface area contributed by atoms with Gasteiger partial charge in [0.15, 0.2) is 0 Å². The van der Waals surface area contributed by atoms with Crippen molar-refractivity contribution in [2.45, 2.75) is 13.0 Å². The fourth-order valence-corrected chi connectivity index (χ4v) is 1.52. The SMILES string of the molecule is C=CCc1ncnn1Cc1ccc(F)cc1F. The minimum absolute atomic E-state index is 0.231. The molecule has 0 radical (unpaired) electrons. The zero-order chi connectivity index (χ0) is 12.3. The minimum Gasteiger partial charge on any atom is -0.245 e. The molecule has 2 aromatic rings. The number of aromatic nitrogens is 3. The maximum atomic E-state index is 13.4. The Hall–Kier alpha value is -2.04. The molecule has 5 heteroatoms. The van der Waals surface area contributed by atoms with Crippen molar-refractivity contribution in [1.82, 2.24) is 14.8 Å². The normalized spacial score (nSPS) is 10.5. The van der Waals surface area contributed by atoms with Gasteiger partial charge in [0.2, 0.25) is 0 Å². The summed E-state index contributed by atoms with van der Waals surface area (Å²) in [5.41, 5.74) is 0.377. The second kappa shape index (κ2) is 4.86. The van der Waals surface area contributed by atoms with E-state index >= 15 is 0 Å². The Morgan fingerprint density at radius 3 is 2.88 bits per heavy atom. The Kier molecular flexibility index (Phi) is 3.27. The largest absolute Gasteiger partial charge is 0.245 e. The lowest BCUT2D eigenvalue weighted by atomic mass is 10.2. The number of allylic oxidation sites excluding steroid dienone is 1. The first-order valence-electron chi connectivity index (χ1n) is 5.12. The van der Waals surface area contributed by atoms with Crippen molar-refractivity contribution < 1.29 is 8.78 Å². The van der Waals surface area contributed by atoms with E-state index in [4.69, 9.17) is 0 Å². The van der Waals surface area contributed by atoms with Gasteiger partial charge in [-0.3, -0.25) is 0 Å². The molecule has 0 N–H and O–H groups in total. The number of hydrogen-bond acceptors (Lipinski definition) is 2. The van der Waals surface area contributed by atoms with Gasteiger partial charge in [0.05, 0.1) is 6.54 Å². The van der Waals surface area contributed by atoms with E-state index < -0.39 is 11.6 Å². The van der Waals surface area contributed by atoms with E-state index in [0.717, 1.165) is 6.07 Å². The first-order chi connectivity index (χ1) is 8.20. The summed E-state index contributed by atoms with van der Waals surface area (Å²) >= 11 is 0. The van der Waals surface area contributed by atoms with Crippen molar-refractivity contribution in [1.29, 1.82) is 0 Å². The molecule has 0 bridgehead atoms. The van der Waals surface area contributed by atoms with Crippen LogP contribution in [-0.2, 0) is 13.0 Å². The van der Waals surface area contributed by atoms with Crippen LogP contribution in [-0.4, -0.2) is 14.8 Å². The number of benzene rings is 1. The summed E-state index contributed by atoms with van der Waals surface area (Å²) in [6.45, 7) is 3.84. The molecule has 0 atom stereocenters. The number of hydrogen-bond donors (Lipinski definition) is 0. The Morgan fingerprint density at radius 1 is 1.35 bits per heavy atom. The van der Waals surface area contributed by atoms with Crippen LogP contribution in [0.1, 0.15) is 11.4 Å².